The van der Waals surface area contributed by atoms with E-state index >= 15 is 0 Å². The molecule has 12 heavy (non-hydrogen) atoms. The molecular formula is C8H18N4. The van der Waals surface area contributed by atoms with Gasteiger partial charge in [0.15, 0.2) is 0 Å². The Morgan fingerprint density at radius 2 is 1.00 bits per heavy atom. The molecule has 0 aromatic heterocycles. The van der Waals surface area contributed by atoms with Gasteiger partial charge in [-0.15, -0.1) is 0 Å². The molecule has 0 aliphatic heterocycles. The summed E-state index contributed by atoms with van der Waals surface area (Å²) >= 11 is 0. The molecule has 0 rings (SSSR count). The minimum Gasteiger partial charge on any atom is -0.387 e. The van der Waals surface area contributed by atoms with Crippen LogP contribution in [0.25, 0.3) is 0 Å². The summed E-state index contributed by atoms with van der Waals surface area (Å²) in [6.45, 7) is 7.26. The Kier molecular flexibility index (Phi) is 2.52. The van der Waals surface area contributed by atoms with Crippen LogP contribution in [0.15, 0.2) is 0 Å². The fraction of sp³-hybridized carbons (Fsp3) is 0.750. The van der Waals surface area contributed by atoms with Crippen molar-refractivity contribution in [2.24, 2.45) is 22.3 Å². The van der Waals surface area contributed by atoms with Crippen molar-refractivity contribution in [2.75, 3.05) is 0 Å². The second-order valence-electron chi connectivity index (χ2n) is 4.08. The third kappa shape index (κ3) is 1.42. The molecule has 0 fully saturated rings. The van der Waals surface area contributed by atoms with Crippen molar-refractivity contribution < 1.29 is 0 Å². The Labute approximate surface area is 73.3 Å². The molecular weight excluding hydrogens is 152 g/mol. The van der Waals surface area contributed by atoms with Gasteiger partial charge < -0.3 is 11.5 Å². The van der Waals surface area contributed by atoms with Gasteiger partial charge in [0.1, 0.15) is 0 Å². The molecule has 4 heteroatoms. The van der Waals surface area contributed by atoms with Gasteiger partial charge in [-0.1, -0.05) is 27.7 Å². The van der Waals surface area contributed by atoms with Crippen molar-refractivity contribution in [1.29, 1.82) is 10.8 Å². The van der Waals surface area contributed by atoms with E-state index < -0.39 is 10.8 Å². The SMILES string of the molecule is CC(C)(C(=N)N)C(C)(C)C(=N)N. The Bertz CT molecular complexity index is 191. The predicted molar refractivity (Wildman–Crippen MR) is 51.4 cm³/mol. The van der Waals surface area contributed by atoms with Gasteiger partial charge in [0.05, 0.1) is 11.7 Å². The molecule has 0 aliphatic rings. The van der Waals surface area contributed by atoms with E-state index in [-0.39, 0.29) is 11.7 Å². The maximum absolute atomic E-state index is 7.37. The lowest BCUT2D eigenvalue weighted by Crippen LogP contribution is -2.50. The first kappa shape index (κ1) is 10.9. The van der Waals surface area contributed by atoms with E-state index in [9.17, 15) is 0 Å². The zero-order valence-corrected chi connectivity index (χ0v) is 8.15. The molecule has 0 spiro atoms. The predicted octanol–water partition coefficient (Wildman–Crippen LogP) is 0.911. The first-order valence-corrected chi connectivity index (χ1v) is 3.83. The number of nitrogens with one attached hydrogen (secondary N) is 2. The van der Waals surface area contributed by atoms with E-state index in [1.807, 2.05) is 27.7 Å². The number of rotatable bonds is 3. The Morgan fingerprint density at radius 1 is 0.833 bits per heavy atom. The normalized spacial score (nSPS) is 12.7. The molecule has 0 saturated heterocycles. The lowest BCUT2D eigenvalue weighted by atomic mass is 9.66. The van der Waals surface area contributed by atoms with E-state index in [0.29, 0.717) is 0 Å². The molecule has 0 saturated carbocycles. The third-order valence-electron chi connectivity index (χ3n) is 2.91. The second kappa shape index (κ2) is 2.77. The van der Waals surface area contributed by atoms with Gasteiger partial charge in [-0.05, 0) is 0 Å². The molecule has 0 aromatic carbocycles. The van der Waals surface area contributed by atoms with Crippen molar-refractivity contribution in [3.05, 3.63) is 0 Å². The number of hydrogen-bond acceptors (Lipinski definition) is 2. The highest BCUT2D eigenvalue weighted by Gasteiger charge is 2.42. The summed E-state index contributed by atoms with van der Waals surface area (Å²) in [7, 11) is 0. The summed E-state index contributed by atoms with van der Waals surface area (Å²) in [4.78, 5) is 0. The van der Waals surface area contributed by atoms with Crippen LogP contribution in [-0.4, -0.2) is 11.7 Å². The van der Waals surface area contributed by atoms with Crippen LogP contribution < -0.4 is 11.5 Å². The highest BCUT2D eigenvalue weighted by Crippen LogP contribution is 2.37. The second-order valence-corrected chi connectivity index (χ2v) is 4.08. The number of hydrogen-bond donors (Lipinski definition) is 4. The van der Waals surface area contributed by atoms with E-state index in [0.717, 1.165) is 0 Å². The van der Waals surface area contributed by atoms with Crippen LogP contribution in [0.2, 0.25) is 0 Å². The van der Waals surface area contributed by atoms with Crippen LogP contribution in [0.5, 0.6) is 0 Å². The molecule has 6 N–H and O–H groups in total. The van der Waals surface area contributed by atoms with Crippen LogP contribution in [0.4, 0.5) is 0 Å². The summed E-state index contributed by atoms with van der Waals surface area (Å²) in [5, 5.41) is 14.7. The van der Waals surface area contributed by atoms with Crippen molar-refractivity contribution in [3.63, 3.8) is 0 Å². The quantitative estimate of drug-likeness (QED) is 0.374. The van der Waals surface area contributed by atoms with E-state index in [1.165, 1.54) is 0 Å². The van der Waals surface area contributed by atoms with Gasteiger partial charge >= 0.3 is 0 Å². The molecule has 4 nitrogen and oxygen atoms in total. The summed E-state index contributed by atoms with van der Waals surface area (Å²) in [6.07, 6.45) is 0. The van der Waals surface area contributed by atoms with Gasteiger partial charge in [-0.2, -0.15) is 0 Å². The van der Waals surface area contributed by atoms with Crippen molar-refractivity contribution >= 4 is 11.7 Å². The fourth-order valence-electron chi connectivity index (χ4n) is 0.673. The van der Waals surface area contributed by atoms with Gasteiger partial charge in [-0.3, -0.25) is 10.8 Å². The summed E-state index contributed by atoms with van der Waals surface area (Å²) in [6, 6.07) is 0. The topological polar surface area (TPSA) is 99.7 Å². The van der Waals surface area contributed by atoms with E-state index in [2.05, 4.69) is 0 Å². The van der Waals surface area contributed by atoms with E-state index in [4.69, 9.17) is 22.3 Å². The standard InChI is InChI=1S/C8H18N4/c1-7(2,5(9)10)8(3,4)6(11)12/h1-4H3,(H3,9,10)(H3,11,12). The fourth-order valence-corrected chi connectivity index (χ4v) is 0.673. The van der Waals surface area contributed by atoms with Gasteiger partial charge in [-0.25, -0.2) is 0 Å². The minimum atomic E-state index is -0.571. The maximum atomic E-state index is 7.37. The maximum Gasteiger partial charge on any atom is 0.0973 e. The summed E-state index contributed by atoms with van der Waals surface area (Å²) in [5.74, 6) is 0.116. The molecule has 0 atom stereocenters. The van der Waals surface area contributed by atoms with Gasteiger partial charge in [0, 0.05) is 10.8 Å². The van der Waals surface area contributed by atoms with Gasteiger partial charge in [0.25, 0.3) is 0 Å². The molecule has 0 unspecified atom stereocenters. The van der Waals surface area contributed by atoms with Crippen molar-refractivity contribution in [1.82, 2.24) is 0 Å². The molecule has 0 heterocycles. The first-order chi connectivity index (χ1) is 5.14. The number of amidine groups is 2. The largest absolute Gasteiger partial charge is 0.387 e. The van der Waals surface area contributed by atoms with Crippen molar-refractivity contribution in [3.8, 4) is 0 Å². The lowest BCUT2D eigenvalue weighted by Gasteiger charge is -2.39. The van der Waals surface area contributed by atoms with Gasteiger partial charge in [0.2, 0.25) is 0 Å². The van der Waals surface area contributed by atoms with E-state index in [1.54, 1.807) is 0 Å². The molecule has 0 amide bonds. The molecule has 0 aliphatic carbocycles. The van der Waals surface area contributed by atoms with Crippen molar-refractivity contribution in [2.45, 2.75) is 27.7 Å². The summed E-state index contributed by atoms with van der Waals surface area (Å²) in [5.41, 5.74) is 9.71. The monoisotopic (exact) mass is 170 g/mol. The third-order valence-corrected chi connectivity index (χ3v) is 2.91. The smallest absolute Gasteiger partial charge is 0.0973 e. The lowest BCUT2D eigenvalue weighted by molar-refractivity contribution is 0.279. The van der Waals surface area contributed by atoms with Crippen LogP contribution in [-0.2, 0) is 0 Å². The zero-order chi connectivity index (χ0) is 10.2. The molecule has 0 bridgehead atoms. The highest BCUT2D eigenvalue weighted by atomic mass is 14.8. The van der Waals surface area contributed by atoms with Crippen LogP contribution >= 0.6 is 0 Å². The minimum absolute atomic E-state index is 0.0581. The average Bonchev–Trinajstić information content (AvgIpc) is 1.86. The Morgan fingerprint density at radius 3 is 1.08 bits per heavy atom. The van der Waals surface area contributed by atoms with Crippen LogP contribution in [0.3, 0.4) is 0 Å². The molecule has 0 aromatic rings. The molecule has 0 radical (unpaired) electrons. The first-order valence-electron chi connectivity index (χ1n) is 3.83. The zero-order valence-electron chi connectivity index (χ0n) is 8.15. The summed E-state index contributed by atoms with van der Waals surface area (Å²) < 4.78 is 0. The Hall–Kier alpha value is -1.06. The average molecular weight is 170 g/mol. The van der Waals surface area contributed by atoms with Crippen LogP contribution in [0, 0.1) is 21.6 Å². The molecule has 70 valence electrons. The number of nitrogens with two attached hydrogens (primary N) is 2. The highest BCUT2D eigenvalue weighted by molar-refractivity contribution is 5.93. The Balaban J connectivity index is 5.01. The van der Waals surface area contributed by atoms with Crippen LogP contribution in [0.1, 0.15) is 27.7 Å².